The number of hydrogen-bond acceptors (Lipinski definition) is 7. The number of benzene rings is 2. The van der Waals surface area contributed by atoms with Crippen molar-refractivity contribution in [2.24, 2.45) is 5.10 Å². The van der Waals surface area contributed by atoms with Gasteiger partial charge in [-0.05, 0) is 29.8 Å². The quantitative estimate of drug-likeness (QED) is 0.638. The number of carbonyl (C=O) groups is 1. The van der Waals surface area contributed by atoms with Gasteiger partial charge in [-0.15, -0.1) is 10.2 Å². The normalized spacial score (nSPS) is 15.6. The third-order valence-electron chi connectivity index (χ3n) is 4.21. The van der Waals surface area contributed by atoms with Crippen LogP contribution in [0.25, 0.3) is 11.4 Å². The van der Waals surface area contributed by atoms with E-state index in [9.17, 15) is 9.90 Å². The summed E-state index contributed by atoms with van der Waals surface area (Å²) < 4.78 is 7.03. The minimum Gasteiger partial charge on any atom is -0.550 e. The predicted octanol–water partition coefficient (Wildman–Crippen LogP) is 2.47. The standard InChI is InChI=1S/C19H15ClN4O3S/c1-27-14-5-3-2-4-13(14)18-21-22-19-24(18)23-17(15(28-19)10-16(25)26)11-6-8-12(20)9-7-11/h2-9,15H,10H2,1H3,(H,25,26)/p-1. The van der Waals surface area contributed by atoms with Crippen LogP contribution < -0.4 is 9.84 Å². The monoisotopic (exact) mass is 413 g/mol. The van der Waals surface area contributed by atoms with Gasteiger partial charge >= 0.3 is 0 Å². The summed E-state index contributed by atoms with van der Waals surface area (Å²) in [6, 6.07) is 14.5. The third kappa shape index (κ3) is 3.48. The van der Waals surface area contributed by atoms with Crippen LogP contribution >= 0.6 is 23.4 Å². The van der Waals surface area contributed by atoms with E-state index in [0.29, 0.717) is 27.5 Å². The van der Waals surface area contributed by atoms with E-state index >= 15 is 0 Å². The first-order valence-electron chi connectivity index (χ1n) is 8.37. The summed E-state index contributed by atoms with van der Waals surface area (Å²) in [5.41, 5.74) is 2.10. The second kappa shape index (κ2) is 7.65. The van der Waals surface area contributed by atoms with E-state index in [-0.39, 0.29) is 6.42 Å². The van der Waals surface area contributed by atoms with Gasteiger partial charge in [0.2, 0.25) is 5.16 Å². The molecule has 4 rings (SSSR count). The summed E-state index contributed by atoms with van der Waals surface area (Å²) in [6.07, 6.45) is -0.191. The number of ether oxygens (including phenoxy) is 1. The number of halogens is 1. The number of methoxy groups -OCH3 is 1. The van der Waals surface area contributed by atoms with Gasteiger partial charge < -0.3 is 14.6 Å². The maximum atomic E-state index is 11.3. The Kier molecular flexibility index (Phi) is 5.06. The van der Waals surface area contributed by atoms with E-state index in [4.69, 9.17) is 16.3 Å². The number of carbonyl (C=O) groups excluding carboxylic acids is 1. The first-order chi connectivity index (χ1) is 13.6. The highest BCUT2D eigenvalue weighted by molar-refractivity contribution is 8.00. The highest BCUT2D eigenvalue weighted by atomic mass is 35.5. The molecule has 0 aliphatic carbocycles. The fraction of sp³-hybridized carbons (Fsp3) is 0.158. The molecule has 3 aromatic rings. The van der Waals surface area contributed by atoms with E-state index < -0.39 is 11.2 Å². The Morgan fingerprint density at radius 2 is 1.96 bits per heavy atom. The van der Waals surface area contributed by atoms with E-state index in [1.807, 2.05) is 36.4 Å². The lowest BCUT2D eigenvalue weighted by molar-refractivity contribution is -0.305. The van der Waals surface area contributed by atoms with Gasteiger partial charge in [0.1, 0.15) is 5.75 Å². The molecule has 1 atom stereocenters. The molecule has 0 spiro atoms. The average molecular weight is 414 g/mol. The van der Waals surface area contributed by atoms with Crippen LogP contribution in [0.3, 0.4) is 0 Å². The molecule has 1 unspecified atom stereocenters. The molecule has 1 aromatic heterocycles. The Labute approximate surface area is 170 Å². The molecule has 1 aliphatic rings. The molecule has 0 fully saturated rings. The van der Waals surface area contributed by atoms with E-state index in [2.05, 4.69) is 15.3 Å². The Balaban J connectivity index is 1.85. The smallest absolute Gasteiger partial charge is 0.213 e. The van der Waals surface area contributed by atoms with Crippen molar-refractivity contribution in [3.05, 3.63) is 59.1 Å². The molecule has 0 bridgehead atoms. The molecular weight excluding hydrogens is 400 g/mol. The zero-order valence-electron chi connectivity index (χ0n) is 14.7. The molecule has 7 nitrogen and oxygen atoms in total. The maximum Gasteiger partial charge on any atom is 0.213 e. The molecule has 0 saturated carbocycles. The van der Waals surface area contributed by atoms with Crippen LogP contribution in [0.15, 0.2) is 58.8 Å². The number of hydrogen-bond donors (Lipinski definition) is 0. The summed E-state index contributed by atoms with van der Waals surface area (Å²) in [5, 5.41) is 25.0. The molecule has 0 amide bonds. The van der Waals surface area contributed by atoms with Gasteiger partial charge in [0.15, 0.2) is 5.82 Å². The first-order valence-corrected chi connectivity index (χ1v) is 9.62. The third-order valence-corrected chi connectivity index (χ3v) is 5.60. The number of rotatable bonds is 5. The van der Waals surface area contributed by atoms with Crippen LogP contribution in [0.5, 0.6) is 5.75 Å². The minimum atomic E-state index is -1.16. The van der Waals surface area contributed by atoms with Crippen LogP contribution in [0.2, 0.25) is 5.02 Å². The fourth-order valence-electron chi connectivity index (χ4n) is 2.94. The average Bonchev–Trinajstić information content (AvgIpc) is 3.10. The van der Waals surface area contributed by atoms with Crippen LogP contribution in [-0.4, -0.2) is 38.9 Å². The lowest BCUT2D eigenvalue weighted by Gasteiger charge is -2.23. The topological polar surface area (TPSA) is 92.4 Å². The summed E-state index contributed by atoms with van der Waals surface area (Å²) in [6.45, 7) is 0. The molecule has 2 aromatic carbocycles. The number of thioether (sulfide) groups is 1. The maximum absolute atomic E-state index is 11.3. The van der Waals surface area contributed by atoms with Crippen molar-refractivity contribution in [3.63, 3.8) is 0 Å². The van der Waals surface area contributed by atoms with Crippen molar-refractivity contribution in [2.75, 3.05) is 7.11 Å². The zero-order chi connectivity index (χ0) is 19.7. The second-order valence-corrected chi connectivity index (χ2v) is 7.60. The number of nitrogens with zero attached hydrogens (tertiary/aromatic N) is 4. The lowest BCUT2D eigenvalue weighted by Crippen LogP contribution is -2.32. The van der Waals surface area contributed by atoms with Gasteiger partial charge in [-0.25, -0.2) is 0 Å². The molecule has 0 saturated heterocycles. The van der Waals surface area contributed by atoms with Crippen LogP contribution in [0.1, 0.15) is 12.0 Å². The van der Waals surface area contributed by atoms with Crippen molar-refractivity contribution in [1.29, 1.82) is 0 Å². The molecule has 142 valence electrons. The van der Waals surface area contributed by atoms with Crippen LogP contribution in [-0.2, 0) is 4.79 Å². The Hall–Kier alpha value is -2.84. The number of fused-ring (bicyclic) bond motifs is 1. The molecule has 1 aliphatic heterocycles. The fourth-order valence-corrected chi connectivity index (χ4v) is 4.15. The van der Waals surface area contributed by atoms with Crippen molar-refractivity contribution in [1.82, 2.24) is 14.9 Å². The number of carboxylic acid groups (broad SMARTS) is 1. The van der Waals surface area contributed by atoms with Crippen LogP contribution in [0.4, 0.5) is 0 Å². The number of aliphatic carboxylic acids is 1. The van der Waals surface area contributed by atoms with E-state index in [1.165, 1.54) is 11.8 Å². The number of para-hydroxylation sites is 1. The molecule has 0 N–H and O–H groups in total. The predicted molar refractivity (Wildman–Crippen MR) is 105 cm³/mol. The largest absolute Gasteiger partial charge is 0.550 e. The number of carboxylic acids is 1. The summed E-state index contributed by atoms with van der Waals surface area (Å²) >= 11 is 7.27. The van der Waals surface area contributed by atoms with Crippen molar-refractivity contribution >= 4 is 35.0 Å². The summed E-state index contributed by atoms with van der Waals surface area (Å²) in [7, 11) is 1.58. The minimum absolute atomic E-state index is 0.191. The van der Waals surface area contributed by atoms with Gasteiger partial charge in [0, 0.05) is 17.4 Å². The van der Waals surface area contributed by atoms with E-state index in [0.717, 1.165) is 11.1 Å². The zero-order valence-corrected chi connectivity index (χ0v) is 16.3. The van der Waals surface area contributed by atoms with Gasteiger partial charge in [-0.3, -0.25) is 0 Å². The van der Waals surface area contributed by atoms with Gasteiger partial charge in [-0.1, -0.05) is 47.6 Å². The van der Waals surface area contributed by atoms with Gasteiger partial charge in [-0.2, -0.15) is 9.78 Å². The Bertz CT molecular complexity index is 1070. The number of aromatic nitrogens is 3. The summed E-state index contributed by atoms with van der Waals surface area (Å²) in [5.74, 6) is -0.00167. The Morgan fingerprint density at radius 1 is 1.21 bits per heavy atom. The first kappa shape index (κ1) is 18.5. The molecule has 2 heterocycles. The van der Waals surface area contributed by atoms with E-state index in [1.54, 1.807) is 23.9 Å². The van der Waals surface area contributed by atoms with Crippen LogP contribution in [0, 0.1) is 0 Å². The van der Waals surface area contributed by atoms with Crippen molar-refractivity contribution in [3.8, 4) is 17.1 Å². The molecule has 0 radical (unpaired) electrons. The molecular formula is C19H14ClN4O3S-. The molecule has 9 heteroatoms. The highest BCUT2D eigenvalue weighted by Gasteiger charge is 2.30. The van der Waals surface area contributed by atoms with Gasteiger partial charge in [0.05, 0.1) is 23.6 Å². The van der Waals surface area contributed by atoms with Crippen molar-refractivity contribution in [2.45, 2.75) is 16.8 Å². The van der Waals surface area contributed by atoms with Crippen molar-refractivity contribution < 1.29 is 14.6 Å². The molecule has 28 heavy (non-hydrogen) atoms. The summed E-state index contributed by atoms with van der Waals surface area (Å²) in [4.78, 5) is 11.3. The second-order valence-electron chi connectivity index (χ2n) is 5.99. The Morgan fingerprint density at radius 3 is 2.68 bits per heavy atom. The lowest BCUT2D eigenvalue weighted by atomic mass is 10.1. The highest BCUT2D eigenvalue weighted by Crippen LogP contribution is 2.36. The SMILES string of the molecule is COc1ccccc1-c1nnc2n1N=C(c1ccc(Cl)cc1)C(CC(=O)[O-])S2. The van der Waals surface area contributed by atoms with Gasteiger partial charge in [0.25, 0.3) is 0 Å².